The van der Waals surface area contributed by atoms with E-state index in [0.717, 1.165) is 9.26 Å². The molecular formula is C10H9IN2. The second kappa shape index (κ2) is 3.49. The van der Waals surface area contributed by atoms with Gasteiger partial charge in [0.05, 0.1) is 15.5 Å². The van der Waals surface area contributed by atoms with Crippen LogP contribution in [0.4, 0.5) is 0 Å². The zero-order valence-corrected chi connectivity index (χ0v) is 9.37. The maximum absolute atomic E-state index is 3.99. The molecule has 2 rings (SSSR count). The molecule has 3 heteroatoms. The van der Waals surface area contributed by atoms with Crippen molar-refractivity contribution in [3.8, 4) is 11.3 Å². The van der Waals surface area contributed by atoms with Crippen molar-refractivity contribution in [2.24, 2.45) is 0 Å². The molecule has 0 bridgehead atoms. The highest BCUT2D eigenvalue weighted by molar-refractivity contribution is 14.1. The minimum Gasteiger partial charge on any atom is -0.277 e. The largest absolute Gasteiger partial charge is 0.277 e. The van der Waals surface area contributed by atoms with Gasteiger partial charge in [0.2, 0.25) is 0 Å². The van der Waals surface area contributed by atoms with Crippen LogP contribution < -0.4 is 0 Å². The van der Waals surface area contributed by atoms with E-state index < -0.39 is 0 Å². The van der Waals surface area contributed by atoms with E-state index in [4.69, 9.17) is 0 Å². The van der Waals surface area contributed by atoms with Gasteiger partial charge in [-0.2, -0.15) is 5.10 Å². The second-order valence-corrected chi connectivity index (χ2v) is 4.12. The van der Waals surface area contributed by atoms with E-state index in [0.29, 0.717) is 0 Å². The van der Waals surface area contributed by atoms with Crippen LogP contribution in [0.2, 0.25) is 0 Å². The lowest BCUT2D eigenvalue weighted by Gasteiger charge is -1.98. The van der Waals surface area contributed by atoms with Crippen molar-refractivity contribution in [3.05, 3.63) is 39.6 Å². The highest BCUT2D eigenvalue weighted by Crippen LogP contribution is 2.22. The molecular weight excluding hydrogens is 275 g/mol. The average molecular weight is 284 g/mol. The normalized spacial score (nSPS) is 10.3. The quantitative estimate of drug-likeness (QED) is 0.801. The Balaban J connectivity index is 2.47. The molecule has 0 atom stereocenters. The molecule has 1 heterocycles. The number of nitrogens with zero attached hydrogens (tertiary/aromatic N) is 1. The highest BCUT2D eigenvalue weighted by Gasteiger charge is 2.03. The maximum Gasteiger partial charge on any atom is 0.0783 e. The molecule has 0 spiro atoms. The number of hydrogen-bond donors (Lipinski definition) is 1. The van der Waals surface area contributed by atoms with Crippen LogP contribution in [-0.2, 0) is 0 Å². The van der Waals surface area contributed by atoms with Gasteiger partial charge >= 0.3 is 0 Å². The number of aromatic nitrogens is 2. The van der Waals surface area contributed by atoms with Crippen molar-refractivity contribution >= 4 is 22.6 Å². The summed E-state index contributed by atoms with van der Waals surface area (Å²) in [5.74, 6) is 0. The molecule has 1 N–H and O–H groups in total. The van der Waals surface area contributed by atoms with E-state index in [2.05, 4.69) is 64.0 Å². The minimum atomic E-state index is 1.10. The first-order chi connectivity index (χ1) is 6.27. The number of rotatable bonds is 1. The number of halogens is 1. The Morgan fingerprint density at radius 3 is 2.46 bits per heavy atom. The molecule has 0 aliphatic carbocycles. The predicted octanol–water partition coefficient (Wildman–Crippen LogP) is 2.99. The van der Waals surface area contributed by atoms with Crippen molar-refractivity contribution in [3.63, 3.8) is 0 Å². The van der Waals surface area contributed by atoms with Crippen LogP contribution in [0.3, 0.4) is 0 Å². The lowest BCUT2D eigenvalue weighted by Crippen LogP contribution is -1.80. The van der Waals surface area contributed by atoms with Gasteiger partial charge in [-0.1, -0.05) is 29.8 Å². The van der Waals surface area contributed by atoms with Gasteiger partial charge in [-0.3, -0.25) is 5.10 Å². The molecule has 13 heavy (non-hydrogen) atoms. The molecule has 0 aliphatic heterocycles. The molecule has 0 saturated heterocycles. The number of aryl methyl sites for hydroxylation is 1. The Morgan fingerprint density at radius 2 is 1.92 bits per heavy atom. The molecule has 1 aromatic carbocycles. The molecule has 1 aromatic heterocycles. The van der Waals surface area contributed by atoms with E-state index in [1.807, 2.05) is 6.20 Å². The number of nitrogens with one attached hydrogen (secondary N) is 1. The summed E-state index contributed by atoms with van der Waals surface area (Å²) in [6.07, 6.45) is 1.83. The Bertz CT molecular complexity index is 403. The Labute approximate surface area is 90.5 Å². The molecule has 0 fully saturated rings. The number of benzene rings is 1. The predicted molar refractivity (Wildman–Crippen MR) is 61.5 cm³/mol. The van der Waals surface area contributed by atoms with Gasteiger partial charge in [0.15, 0.2) is 0 Å². The maximum atomic E-state index is 3.99. The number of hydrogen-bond acceptors (Lipinski definition) is 1. The fraction of sp³-hybridized carbons (Fsp3) is 0.100. The highest BCUT2D eigenvalue weighted by atomic mass is 127. The Morgan fingerprint density at radius 1 is 1.23 bits per heavy atom. The van der Waals surface area contributed by atoms with E-state index in [1.165, 1.54) is 11.1 Å². The van der Waals surface area contributed by atoms with Crippen LogP contribution in [0, 0.1) is 10.5 Å². The Kier molecular flexibility index (Phi) is 2.35. The molecule has 0 unspecified atom stereocenters. The molecule has 2 aromatic rings. The standard InChI is InChI=1S/C10H9IN2/c1-7-2-4-8(5-3-7)10-9(11)6-12-13-10/h2-6H,1H3,(H,12,13). The van der Waals surface area contributed by atoms with E-state index >= 15 is 0 Å². The van der Waals surface area contributed by atoms with Gasteiger partial charge in [-0.05, 0) is 29.5 Å². The van der Waals surface area contributed by atoms with Gasteiger partial charge in [0, 0.05) is 5.56 Å². The van der Waals surface area contributed by atoms with Crippen molar-refractivity contribution in [2.75, 3.05) is 0 Å². The van der Waals surface area contributed by atoms with Crippen LogP contribution >= 0.6 is 22.6 Å². The summed E-state index contributed by atoms with van der Waals surface area (Å²) >= 11 is 2.27. The van der Waals surface area contributed by atoms with Gasteiger partial charge in [0.25, 0.3) is 0 Å². The van der Waals surface area contributed by atoms with E-state index in [9.17, 15) is 0 Å². The van der Waals surface area contributed by atoms with Crippen molar-refractivity contribution in [1.82, 2.24) is 10.2 Å². The summed E-state index contributed by atoms with van der Waals surface area (Å²) in [6.45, 7) is 2.09. The topological polar surface area (TPSA) is 28.7 Å². The second-order valence-electron chi connectivity index (χ2n) is 2.96. The van der Waals surface area contributed by atoms with Gasteiger partial charge in [-0.25, -0.2) is 0 Å². The molecule has 66 valence electrons. The summed E-state index contributed by atoms with van der Waals surface area (Å²) < 4.78 is 1.15. The molecule has 0 saturated carbocycles. The van der Waals surface area contributed by atoms with E-state index in [1.54, 1.807) is 0 Å². The van der Waals surface area contributed by atoms with E-state index in [-0.39, 0.29) is 0 Å². The Hall–Kier alpha value is -0.840. The smallest absolute Gasteiger partial charge is 0.0783 e. The fourth-order valence-electron chi connectivity index (χ4n) is 1.19. The van der Waals surface area contributed by atoms with Crippen molar-refractivity contribution in [2.45, 2.75) is 6.92 Å². The average Bonchev–Trinajstić information content (AvgIpc) is 2.53. The molecule has 0 radical (unpaired) electrons. The first-order valence-electron chi connectivity index (χ1n) is 4.03. The van der Waals surface area contributed by atoms with Crippen LogP contribution in [0.5, 0.6) is 0 Å². The van der Waals surface area contributed by atoms with Crippen LogP contribution in [-0.4, -0.2) is 10.2 Å². The van der Waals surface area contributed by atoms with Crippen molar-refractivity contribution < 1.29 is 0 Å². The van der Waals surface area contributed by atoms with Gasteiger partial charge in [-0.15, -0.1) is 0 Å². The minimum absolute atomic E-state index is 1.10. The fourth-order valence-corrected chi connectivity index (χ4v) is 1.77. The van der Waals surface area contributed by atoms with Gasteiger partial charge < -0.3 is 0 Å². The summed E-state index contributed by atoms with van der Waals surface area (Å²) in [5, 5.41) is 6.97. The van der Waals surface area contributed by atoms with Gasteiger partial charge in [0.1, 0.15) is 0 Å². The summed E-state index contributed by atoms with van der Waals surface area (Å²) in [6, 6.07) is 8.41. The third kappa shape index (κ3) is 1.75. The summed E-state index contributed by atoms with van der Waals surface area (Å²) in [7, 11) is 0. The number of aromatic amines is 1. The molecule has 2 nitrogen and oxygen atoms in total. The third-order valence-electron chi connectivity index (χ3n) is 1.93. The first-order valence-corrected chi connectivity index (χ1v) is 5.11. The lowest BCUT2D eigenvalue weighted by atomic mass is 10.1. The first kappa shape index (κ1) is 8.74. The molecule has 0 aliphatic rings. The number of H-pyrrole nitrogens is 1. The zero-order chi connectivity index (χ0) is 9.26. The van der Waals surface area contributed by atoms with Crippen molar-refractivity contribution in [1.29, 1.82) is 0 Å². The van der Waals surface area contributed by atoms with Crippen LogP contribution in [0.25, 0.3) is 11.3 Å². The lowest BCUT2D eigenvalue weighted by molar-refractivity contribution is 1.09. The SMILES string of the molecule is Cc1ccc(-c2[nH]ncc2I)cc1. The monoisotopic (exact) mass is 284 g/mol. The molecule has 0 amide bonds. The van der Waals surface area contributed by atoms with Crippen LogP contribution in [0.1, 0.15) is 5.56 Å². The van der Waals surface area contributed by atoms with Crippen LogP contribution in [0.15, 0.2) is 30.5 Å². The zero-order valence-electron chi connectivity index (χ0n) is 7.21. The summed E-state index contributed by atoms with van der Waals surface area (Å²) in [5.41, 5.74) is 3.56. The summed E-state index contributed by atoms with van der Waals surface area (Å²) in [4.78, 5) is 0. The third-order valence-corrected chi connectivity index (χ3v) is 2.75.